The molecule has 0 saturated heterocycles. The summed E-state index contributed by atoms with van der Waals surface area (Å²) in [6.07, 6.45) is 0. The van der Waals surface area contributed by atoms with E-state index in [4.69, 9.17) is 0 Å². The Labute approximate surface area is 85.1 Å². The van der Waals surface area contributed by atoms with Gasteiger partial charge < -0.3 is 0 Å². The quantitative estimate of drug-likeness (QED) is 0.372. The maximum Gasteiger partial charge on any atom is 0.195 e. The normalized spacial score (nSPS) is 11.1. The molecule has 0 fully saturated rings. The average Bonchev–Trinajstić information content (AvgIpc) is 2.22. The Kier molecular flexibility index (Phi) is 2.29. The molecule has 0 N–H and O–H groups in total. The van der Waals surface area contributed by atoms with Crippen molar-refractivity contribution in [3.8, 4) is 0 Å². The minimum Gasteiger partial charge on any atom is -0.206 e. The highest BCUT2D eigenvalue weighted by molar-refractivity contribution is 5.84. The predicted octanol–water partition coefficient (Wildman–Crippen LogP) is 3.47. The number of halogens is 6. The lowest BCUT2D eigenvalue weighted by Gasteiger charge is -2.04. The van der Waals surface area contributed by atoms with Crippen LogP contribution < -0.4 is 0 Å². The van der Waals surface area contributed by atoms with Crippen LogP contribution in [0.25, 0.3) is 10.8 Å². The summed E-state index contributed by atoms with van der Waals surface area (Å²) in [5, 5.41) is -2.27. The summed E-state index contributed by atoms with van der Waals surface area (Å²) < 4.78 is 77.2. The largest absolute Gasteiger partial charge is 0.206 e. The highest BCUT2D eigenvalue weighted by Gasteiger charge is 2.21. The van der Waals surface area contributed by atoms with Crippen LogP contribution in [0.4, 0.5) is 26.3 Å². The van der Waals surface area contributed by atoms with Crippen LogP contribution in [0.1, 0.15) is 0 Å². The summed E-state index contributed by atoms with van der Waals surface area (Å²) in [7, 11) is 0. The van der Waals surface area contributed by atoms with Gasteiger partial charge in [-0.15, -0.1) is 0 Å². The fourth-order valence-electron chi connectivity index (χ4n) is 1.30. The number of benzene rings is 2. The Hall–Kier alpha value is -1.72. The second-order valence-corrected chi connectivity index (χ2v) is 2.97. The van der Waals surface area contributed by atoms with Crippen LogP contribution >= 0.6 is 0 Å². The average molecular weight is 235 g/mol. The molecular formula is C10HF6. The maximum absolute atomic E-state index is 13.1. The van der Waals surface area contributed by atoms with Gasteiger partial charge in [0.05, 0.1) is 5.39 Å². The highest BCUT2D eigenvalue weighted by atomic mass is 19.2. The van der Waals surface area contributed by atoms with Crippen molar-refractivity contribution in [2.45, 2.75) is 0 Å². The van der Waals surface area contributed by atoms with Crippen molar-refractivity contribution in [3.05, 3.63) is 47.0 Å². The van der Waals surface area contributed by atoms with E-state index in [0.717, 1.165) is 0 Å². The van der Waals surface area contributed by atoms with Crippen molar-refractivity contribution in [2.24, 2.45) is 0 Å². The Morgan fingerprint density at radius 2 is 1.38 bits per heavy atom. The van der Waals surface area contributed by atoms with Gasteiger partial charge in [0.1, 0.15) is 5.82 Å². The Morgan fingerprint density at radius 3 is 2.00 bits per heavy atom. The number of hydrogen-bond donors (Lipinski definition) is 0. The van der Waals surface area contributed by atoms with Gasteiger partial charge in [-0.3, -0.25) is 0 Å². The van der Waals surface area contributed by atoms with Crippen molar-refractivity contribution in [1.29, 1.82) is 0 Å². The van der Waals surface area contributed by atoms with E-state index in [0.29, 0.717) is 0 Å². The zero-order valence-electron chi connectivity index (χ0n) is 7.35. The lowest BCUT2D eigenvalue weighted by Crippen LogP contribution is -1.99. The molecule has 0 aliphatic rings. The van der Waals surface area contributed by atoms with Crippen molar-refractivity contribution in [3.63, 3.8) is 0 Å². The molecule has 0 aliphatic heterocycles. The summed E-state index contributed by atoms with van der Waals surface area (Å²) in [6, 6.07) is 1.46. The van der Waals surface area contributed by atoms with Crippen LogP contribution in [0, 0.1) is 41.0 Å². The van der Waals surface area contributed by atoms with Crippen LogP contribution in [0.5, 0.6) is 0 Å². The fraction of sp³-hybridized carbons (Fsp3) is 0. The Morgan fingerprint density at radius 1 is 0.750 bits per heavy atom. The molecule has 0 atom stereocenters. The fourth-order valence-corrected chi connectivity index (χ4v) is 1.30. The molecule has 2 aromatic rings. The molecule has 0 heterocycles. The lowest BCUT2D eigenvalue weighted by atomic mass is 10.1. The van der Waals surface area contributed by atoms with Crippen molar-refractivity contribution in [1.82, 2.24) is 0 Å². The lowest BCUT2D eigenvalue weighted by molar-refractivity contribution is 0.447. The monoisotopic (exact) mass is 235 g/mol. The van der Waals surface area contributed by atoms with E-state index in [1.54, 1.807) is 0 Å². The molecule has 1 radical (unpaired) electrons. The van der Waals surface area contributed by atoms with Crippen molar-refractivity contribution in [2.75, 3.05) is 0 Å². The zero-order chi connectivity index (χ0) is 12.0. The summed E-state index contributed by atoms with van der Waals surface area (Å²) in [5.74, 6) is -10.6. The molecule has 0 unspecified atom stereocenters. The molecule has 16 heavy (non-hydrogen) atoms. The molecule has 6 heteroatoms. The van der Waals surface area contributed by atoms with E-state index in [2.05, 4.69) is 0 Å². The van der Waals surface area contributed by atoms with Gasteiger partial charge in [-0.05, 0) is 0 Å². The molecule has 0 saturated carbocycles. The van der Waals surface area contributed by atoms with Gasteiger partial charge in [0.15, 0.2) is 29.1 Å². The van der Waals surface area contributed by atoms with Gasteiger partial charge in [0.25, 0.3) is 0 Å². The second kappa shape index (κ2) is 3.40. The first-order valence-electron chi connectivity index (χ1n) is 3.96. The zero-order valence-corrected chi connectivity index (χ0v) is 7.35. The smallest absolute Gasteiger partial charge is 0.195 e. The third-order valence-electron chi connectivity index (χ3n) is 2.01. The molecule has 0 nitrogen and oxygen atoms in total. The molecule has 2 rings (SSSR count). The SMILES string of the molecule is Fc1[c]c2c(F)c(F)cc(F)c2c(F)c1F. The number of rotatable bonds is 0. The molecular weight excluding hydrogens is 234 g/mol. The molecule has 2 aromatic carbocycles. The van der Waals surface area contributed by atoms with Gasteiger partial charge in [-0.2, -0.15) is 0 Å². The molecule has 0 spiro atoms. The third-order valence-corrected chi connectivity index (χ3v) is 2.01. The van der Waals surface area contributed by atoms with E-state index < -0.39 is 45.7 Å². The minimum atomic E-state index is -1.99. The van der Waals surface area contributed by atoms with Crippen LogP contribution in [0.2, 0.25) is 0 Å². The first-order chi connectivity index (χ1) is 7.43. The van der Waals surface area contributed by atoms with Crippen molar-refractivity contribution < 1.29 is 26.3 Å². The molecule has 0 bridgehead atoms. The molecule has 0 amide bonds. The van der Waals surface area contributed by atoms with Crippen LogP contribution in [0.3, 0.4) is 0 Å². The number of fused-ring (bicyclic) bond motifs is 1. The Balaban J connectivity index is 3.07. The van der Waals surface area contributed by atoms with Crippen LogP contribution in [0.15, 0.2) is 6.07 Å². The van der Waals surface area contributed by atoms with Gasteiger partial charge in [0, 0.05) is 17.5 Å². The second-order valence-electron chi connectivity index (χ2n) is 2.97. The molecule has 0 aliphatic carbocycles. The maximum atomic E-state index is 13.1. The standard InChI is InChI=1S/C10HF6/c11-4-2-6(13)8(14)3-1-5(12)9(15)10(16)7(3)4/h2H. The summed E-state index contributed by atoms with van der Waals surface area (Å²) >= 11 is 0. The van der Waals surface area contributed by atoms with E-state index in [-0.39, 0.29) is 6.07 Å². The van der Waals surface area contributed by atoms with Gasteiger partial charge in [-0.25, -0.2) is 26.3 Å². The van der Waals surface area contributed by atoms with Gasteiger partial charge >= 0.3 is 0 Å². The molecule has 0 aromatic heterocycles. The highest BCUT2D eigenvalue weighted by Crippen LogP contribution is 2.28. The molecule has 83 valence electrons. The van der Waals surface area contributed by atoms with E-state index in [1.807, 2.05) is 0 Å². The van der Waals surface area contributed by atoms with Crippen LogP contribution in [-0.2, 0) is 0 Å². The van der Waals surface area contributed by atoms with E-state index >= 15 is 0 Å². The summed E-state index contributed by atoms with van der Waals surface area (Å²) in [6.45, 7) is 0. The Bertz CT molecular complexity index is 590. The van der Waals surface area contributed by atoms with Crippen LogP contribution in [-0.4, -0.2) is 0 Å². The first-order valence-corrected chi connectivity index (χ1v) is 3.96. The predicted molar refractivity (Wildman–Crippen MR) is 42.5 cm³/mol. The van der Waals surface area contributed by atoms with Gasteiger partial charge in [0.2, 0.25) is 0 Å². The summed E-state index contributed by atoms with van der Waals surface area (Å²) in [4.78, 5) is 0. The van der Waals surface area contributed by atoms with Crippen molar-refractivity contribution >= 4 is 10.8 Å². The van der Waals surface area contributed by atoms with E-state index in [1.165, 1.54) is 6.07 Å². The topological polar surface area (TPSA) is 0 Å². The third kappa shape index (κ3) is 1.33. The minimum absolute atomic E-state index is 0.0476. The first kappa shape index (κ1) is 10.8. The van der Waals surface area contributed by atoms with E-state index in [9.17, 15) is 26.3 Å². The summed E-state index contributed by atoms with van der Waals surface area (Å²) in [5.41, 5.74) is 0. The number of hydrogen-bond acceptors (Lipinski definition) is 0. The van der Waals surface area contributed by atoms with Gasteiger partial charge in [-0.1, -0.05) is 0 Å².